The van der Waals surface area contributed by atoms with E-state index in [1.165, 1.54) is 33.3 Å². The number of carbonyl (C=O) groups is 1. The molecule has 18 heavy (non-hydrogen) atoms. The maximum absolute atomic E-state index is 10.8. The van der Waals surface area contributed by atoms with Crippen molar-refractivity contribution in [3.8, 4) is 0 Å². The highest BCUT2D eigenvalue weighted by atomic mass is 16.4. The van der Waals surface area contributed by atoms with Crippen molar-refractivity contribution in [3.05, 3.63) is 34.5 Å². The van der Waals surface area contributed by atoms with Gasteiger partial charge in [-0.15, -0.1) is 0 Å². The molecule has 1 N–H and O–H groups in total. The number of aliphatic carboxylic acids is 1. The molecule has 1 aromatic carbocycles. The van der Waals surface area contributed by atoms with Gasteiger partial charge in [-0.25, -0.2) is 0 Å². The Kier molecular flexibility index (Phi) is 3.16. The van der Waals surface area contributed by atoms with Gasteiger partial charge in [-0.1, -0.05) is 6.07 Å². The lowest BCUT2D eigenvalue weighted by Gasteiger charge is -2.03. The fourth-order valence-electron chi connectivity index (χ4n) is 2.70. The van der Waals surface area contributed by atoms with Gasteiger partial charge in [-0.05, 0) is 49.9 Å². The van der Waals surface area contributed by atoms with Crippen LogP contribution in [0.25, 0.3) is 10.9 Å². The summed E-state index contributed by atoms with van der Waals surface area (Å²) in [6, 6.07) is 4.33. The van der Waals surface area contributed by atoms with Gasteiger partial charge in [-0.3, -0.25) is 4.79 Å². The Balaban J connectivity index is 2.65. The maximum atomic E-state index is 10.8. The minimum Gasteiger partial charge on any atom is -0.481 e. The second kappa shape index (κ2) is 4.48. The van der Waals surface area contributed by atoms with E-state index in [1.54, 1.807) is 0 Å². The van der Waals surface area contributed by atoms with Crippen LogP contribution in [0.1, 0.15) is 28.8 Å². The Morgan fingerprint density at radius 3 is 2.56 bits per heavy atom. The number of hydrogen-bond acceptors (Lipinski definition) is 1. The van der Waals surface area contributed by atoms with Gasteiger partial charge < -0.3 is 9.67 Å². The van der Waals surface area contributed by atoms with Gasteiger partial charge in [0.1, 0.15) is 0 Å². The first-order valence-corrected chi connectivity index (χ1v) is 6.18. The molecule has 0 aliphatic carbocycles. The first-order chi connectivity index (χ1) is 8.41. The number of hydrogen-bond donors (Lipinski definition) is 1. The highest BCUT2D eigenvalue weighted by molar-refractivity contribution is 5.89. The third-order valence-electron chi connectivity index (χ3n) is 3.65. The first-order valence-electron chi connectivity index (χ1n) is 6.18. The molecule has 0 bridgehead atoms. The molecule has 0 spiro atoms. The van der Waals surface area contributed by atoms with Crippen LogP contribution >= 0.6 is 0 Å². The maximum Gasteiger partial charge on any atom is 0.303 e. The number of carboxylic acids is 1. The molecule has 0 fully saturated rings. The van der Waals surface area contributed by atoms with Crippen LogP contribution in [0.15, 0.2) is 12.1 Å². The van der Waals surface area contributed by atoms with Gasteiger partial charge in [0.2, 0.25) is 0 Å². The van der Waals surface area contributed by atoms with Gasteiger partial charge in [-0.2, -0.15) is 0 Å². The number of fused-ring (bicyclic) bond motifs is 1. The van der Waals surface area contributed by atoms with Crippen molar-refractivity contribution in [2.45, 2.75) is 33.6 Å². The summed E-state index contributed by atoms with van der Waals surface area (Å²) in [4.78, 5) is 10.8. The molecule has 0 aliphatic heterocycles. The molecule has 2 rings (SSSR count). The zero-order valence-corrected chi connectivity index (χ0v) is 11.4. The van der Waals surface area contributed by atoms with E-state index >= 15 is 0 Å². The summed E-state index contributed by atoms with van der Waals surface area (Å²) in [6.07, 6.45) is 0.787. The largest absolute Gasteiger partial charge is 0.481 e. The van der Waals surface area contributed by atoms with Crippen LogP contribution < -0.4 is 0 Å². The molecule has 1 aromatic heterocycles. The van der Waals surface area contributed by atoms with E-state index in [9.17, 15) is 4.79 Å². The summed E-state index contributed by atoms with van der Waals surface area (Å²) in [5.74, 6) is -0.740. The van der Waals surface area contributed by atoms with E-state index in [0.29, 0.717) is 6.42 Å². The van der Waals surface area contributed by atoms with Crippen molar-refractivity contribution in [2.75, 3.05) is 0 Å². The molecular formula is C15H19NO2. The lowest BCUT2D eigenvalue weighted by atomic mass is 10.0. The monoisotopic (exact) mass is 245 g/mol. The zero-order chi connectivity index (χ0) is 13.4. The average Bonchev–Trinajstić information content (AvgIpc) is 2.51. The second-order valence-electron chi connectivity index (χ2n) is 4.99. The Labute approximate surface area is 107 Å². The summed E-state index contributed by atoms with van der Waals surface area (Å²) >= 11 is 0. The predicted molar refractivity (Wildman–Crippen MR) is 73.1 cm³/mol. The molecule has 96 valence electrons. The molecule has 0 radical (unpaired) electrons. The van der Waals surface area contributed by atoms with E-state index in [2.05, 4.69) is 37.5 Å². The lowest BCUT2D eigenvalue weighted by Crippen LogP contribution is -1.99. The molecule has 3 nitrogen and oxygen atoms in total. The van der Waals surface area contributed by atoms with Crippen LogP contribution in [0.5, 0.6) is 0 Å². The van der Waals surface area contributed by atoms with Crippen LogP contribution in [0.2, 0.25) is 0 Å². The van der Waals surface area contributed by atoms with Crippen molar-refractivity contribution in [3.63, 3.8) is 0 Å². The highest BCUT2D eigenvalue weighted by Gasteiger charge is 2.15. The number of carboxylic acid groups (broad SMARTS) is 1. The van der Waals surface area contributed by atoms with Crippen molar-refractivity contribution in [1.29, 1.82) is 0 Å². The number of benzene rings is 1. The SMILES string of the molecule is Cc1cc(C)c2c(CCC(=O)O)c(C)n(C)c2c1. The Morgan fingerprint density at radius 1 is 1.28 bits per heavy atom. The Hall–Kier alpha value is -1.77. The third kappa shape index (κ3) is 2.01. The van der Waals surface area contributed by atoms with E-state index < -0.39 is 5.97 Å². The molecule has 0 atom stereocenters. The molecule has 0 saturated carbocycles. The van der Waals surface area contributed by atoms with Crippen molar-refractivity contribution in [1.82, 2.24) is 4.57 Å². The minimum absolute atomic E-state index is 0.188. The smallest absolute Gasteiger partial charge is 0.303 e. The molecule has 0 aliphatic rings. The molecule has 2 aromatic rings. The van der Waals surface area contributed by atoms with Crippen LogP contribution in [-0.2, 0) is 18.3 Å². The fraction of sp³-hybridized carbons (Fsp3) is 0.400. The molecule has 0 unspecified atom stereocenters. The quantitative estimate of drug-likeness (QED) is 0.902. The van der Waals surface area contributed by atoms with Crippen LogP contribution in [-0.4, -0.2) is 15.6 Å². The van der Waals surface area contributed by atoms with Crippen LogP contribution in [0.4, 0.5) is 0 Å². The van der Waals surface area contributed by atoms with E-state index in [1.807, 2.05) is 7.05 Å². The second-order valence-corrected chi connectivity index (χ2v) is 4.99. The third-order valence-corrected chi connectivity index (χ3v) is 3.65. The molecule has 3 heteroatoms. The summed E-state index contributed by atoms with van der Waals surface area (Å²) in [7, 11) is 2.04. The Bertz CT molecular complexity index is 623. The number of rotatable bonds is 3. The van der Waals surface area contributed by atoms with Gasteiger partial charge >= 0.3 is 5.97 Å². The standard InChI is InChI=1S/C15H19NO2/c1-9-7-10(2)15-12(5-6-14(17)18)11(3)16(4)13(15)8-9/h7-8H,5-6H2,1-4H3,(H,17,18). The van der Waals surface area contributed by atoms with E-state index in [-0.39, 0.29) is 6.42 Å². The number of nitrogens with zero attached hydrogens (tertiary/aromatic N) is 1. The van der Waals surface area contributed by atoms with Crippen molar-refractivity contribution in [2.24, 2.45) is 7.05 Å². The fourth-order valence-corrected chi connectivity index (χ4v) is 2.70. The molecule has 0 amide bonds. The van der Waals surface area contributed by atoms with Gasteiger partial charge in [0.15, 0.2) is 0 Å². The summed E-state index contributed by atoms with van der Waals surface area (Å²) in [5.41, 5.74) is 6.01. The molecule has 1 heterocycles. The number of aromatic nitrogens is 1. The lowest BCUT2D eigenvalue weighted by molar-refractivity contribution is -0.136. The van der Waals surface area contributed by atoms with E-state index in [4.69, 9.17) is 5.11 Å². The summed E-state index contributed by atoms with van der Waals surface area (Å²) in [5, 5.41) is 10.1. The van der Waals surface area contributed by atoms with Crippen molar-refractivity contribution < 1.29 is 9.90 Å². The van der Waals surface area contributed by atoms with Crippen LogP contribution in [0, 0.1) is 20.8 Å². The summed E-state index contributed by atoms with van der Waals surface area (Å²) < 4.78 is 2.16. The topological polar surface area (TPSA) is 42.2 Å². The average molecular weight is 245 g/mol. The molecule has 0 saturated heterocycles. The van der Waals surface area contributed by atoms with Crippen molar-refractivity contribution >= 4 is 16.9 Å². The highest BCUT2D eigenvalue weighted by Crippen LogP contribution is 2.30. The normalized spacial score (nSPS) is 11.1. The predicted octanol–water partition coefficient (Wildman–Crippen LogP) is 3.12. The molecular weight excluding hydrogens is 226 g/mol. The van der Waals surface area contributed by atoms with Gasteiger partial charge in [0.25, 0.3) is 0 Å². The van der Waals surface area contributed by atoms with Gasteiger partial charge in [0, 0.05) is 30.1 Å². The first kappa shape index (κ1) is 12.7. The zero-order valence-electron chi connectivity index (χ0n) is 11.4. The minimum atomic E-state index is -0.740. The Morgan fingerprint density at radius 2 is 1.94 bits per heavy atom. The van der Waals surface area contributed by atoms with Gasteiger partial charge in [0.05, 0.1) is 0 Å². The van der Waals surface area contributed by atoms with E-state index in [0.717, 1.165) is 0 Å². The van der Waals surface area contributed by atoms with Crippen LogP contribution in [0.3, 0.4) is 0 Å². The number of aryl methyl sites for hydroxylation is 4. The summed E-state index contributed by atoms with van der Waals surface area (Å²) in [6.45, 7) is 6.25.